The van der Waals surface area contributed by atoms with Crippen molar-refractivity contribution in [3.63, 3.8) is 0 Å². The lowest BCUT2D eigenvalue weighted by molar-refractivity contribution is 0.0971. The van der Waals surface area contributed by atoms with Crippen molar-refractivity contribution in [2.24, 2.45) is 5.92 Å². The van der Waals surface area contributed by atoms with E-state index in [9.17, 15) is 4.79 Å². The maximum atomic E-state index is 12.1. The minimum absolute atomic E-state index is 0.167. The third-order valence-corrected chi connectivity index (χ3v) is 3.96. The highest BCUT2D eigenvalue weighted by atomic mass is 35.5. The number of rotatable bonds is 5. The number of methoxy groups -OCH3 is 1. The van der Waals surface area contributed by atoms with Crippen molar-refractivity contribution in [2.75, 3.05) is 20.2 Å². The summed E-state index contributed by atoms with van der Waals surface area (Å²) in [5.41, 5.74) is 0.685. The SMILES string of the molecule is COc1cc(C(=O)CCC2CCCNC2)ccc1Cl. The molecule has 3 nitrogen and oxygen atoms in total. The van der Waals surface area contributed by atoms with Gasteiger partial charge in [-0.25, -0.2) is 0 Å². The molecule has 1 saturated heterocycles. The van der Waals surface area contributed by atoms with Crippen LogP contribution in [-0.2, 0) is 0 Å². The quantitative estimate of drug-likeness (QED) is 0.842. The Morgan fingerprint density at radius 2 is 2.37 bits per heavy atom. The van der Waals surface area contributed by atoms with Gasteiger partial charge in [-0.05, 0) is 56.5 Å². The van der Waals surface area contributed by atoms with E-state index in [4.69, 9.17) is 16.3 Å². The molecule has 0 spiro atoms. The normalized spacial score (nSPS) is 19.2. The maximum Gasteiger partial charge on any atom is 0.163 e. The largest absolute Gasteiger partial charge is 0.495 e. The van der Waals surface area contributed by atoms with E-state index in [0.29, 0.717) is 28.7 Å². The summed E-state index contributed by atoms with van der Waals surface area (Å²) in [7, 11) is 1.56. The van der Waals surface area contributed by atoms with Crippen LogP contribution in [0.15, 0.2) is 18.2 Å². The van der Waals surface area contributed by atoms with E-state index in [1.54, 1.807) is 25.3 Å². The third-order valence-electron chi connectivity index (χ3n) is 3.65. The number of benzene rings is 1. The minimum Gasteiger partial charge on any atom is -0.495 e. The minimum atomic E-state index is 0.167. The van der Waals surface area contributed by atoms with E-state index in [0.717, 1.165) is 19.5 Å². The monoisotopic (exact) mass is 281 g/mol. The molecule has 1 heterocycles. The van der Waals surface area contributed by atoms with Crippen LogP contribution in [0.2, 0.25) is 5.02 Å². The summed E-state index contributed by atoms with van der Waals surface area (Å²) in [6.07, 6.45) is 3.99. The molecule has 1 aromatic rings. The van der Waals surface area contributed by atoms with E-state index in [-0.39, 0.29) is 5.78 Å². The van der Waals surface area contributed by atoms with Crippen LogP contribution in [0, 0.1) is 5.92 Å². The lowest BCUT2D eigenvalue weighted by Gasteiger charge is -2.22. The summed E-state index contributed by atoms with van der Waals surface area (Å²) in [4.78, 5) is 12.1. The molecule has 0 saturated carbocycles. The number of ketones is 1. The van der Waals surface area contributed by atoms with Crippen molar-refractivity contribution in [3.8, 4) is 5.75 Å². The fourth-order valence-corrected chi connectivity index (χ4v) is 2.68. The van der Waals surface area contributed by atoms with Gasteiger partial charge in [0.05, 0.1) is 12.1 Å². The van der Waals surface area contributed by atoms with Gasteiger partial charge in [0.2, 0.25) is 0 Å². The average molecular weight is 282 g/mol. The van der Waals surface area contributed by atoms with Gasteiger partial charge in [-0.3, -0.25) is 4.79 Å². The highest BCUT2D eigenvalue weighted by molar-refractivity contribution is 6.32. The van der Waals surface area contributed by atoms with Gasteiger partial charge >= 0.3 is 0 Å². The van der Waals surface area contributed by atoms with Crippen molar-refractivity contribution in [2.45, 2.75) is 25.7 Å². The Morgan fingerprint density at radius 3 is 3.05 bits per heavy atom. The average Bonchev–Trinajstić information content (AvgIpc) is 2.46. The fourth-order valence-electron chi connectivity index (χ4n) is 2.48. The van der Waals surface area contributed by atoms with Crippen LogP contribution >= 0.6 is 11.6 Å². The predicted octanol–water partition coefficient (Wildman–Crippen LogP) is 3.31. The smallest absolute Gasteiger partial charge is 0.163 e. The lowest BCUT2D eigenvalue weighted by atomic mass is 9.92. The fraction of sp³-hybridized carbons (Fsp3) is 0.533. The van der Waals surface area contributed by atoms with Crippen molar-refractivity contribution in [3.05, 3.63) is 28.8 Å². The molecule has 1 aliphatic rings. The third kappa shape index (κ3) is 3.95. The Bertz CT molecular complexity index is 442. The van der Waals surface area contributed by atoms with E-state index < -0.39 is 0 Å². The summed E-state index contributed by atoms with van der Waals surface area (Å²) >= 11 is 5.96. The molecule has 1 fully saturated rings. The van der Waals surface area contributed by atoms with E-state index in [1.807, 2.05) is 0 Å². The van der Waals surface area contributed by atoms with Gasteiger partial charge in [0, 0.05) is 12.0 Å². The summed E-state index contributed by atoms with van der Waals surface area (Å²) in [5.74, 6) is 1.36. The van der Waals surface area contributed by atoms with Gasteiger partial charge < -0.3 is 10.1 Å². The molecule has 2 rings (SSSR count). The van der Waals surface area contributed by atoms with Crippen LogP contribution in [0.4, 0.5) is 0 Å². The first-order valence-electron chi connectivity index (χ1n) is 6.78. The molecule has 0 amide bonds. The summed E-state index contributed by atoms with van der Waals surface area (Å²) in [6, 6.07) is 5.21. The topological polar surface area (TPSA) is 38.3 Å². The zero-order chi connectivity index (χ0) is 13.7. The zero-order valence-electron chi connectivity index (χ0n) is 11.2. The van der Waals surface area contributed by atoms with Crippen molar-refractivity contribution in [1.29, 1.82) is 0 Å². The molecule has 1 aromatic carbocycles. The van der Waals surface area contributed by atoms with E-state index in [2.05, 4.69) is 5.32 Å². The molecule has 1 atom stereocenters. The second kappa shape index (κ2) is 6.92. The number of ether oxygens (including phenoxy) is 1. The Hall–Kier alpha value is -1.06. The number of halogens is 1. The molecule has 0 aromatic heterocycles. The number of nitrogens with one attached hydrogen (secondary N) is 1. The number of carbonyl (C=O) groups is 1. The van der Waals surface area contributed by atoms with Crippen molar-refractivity contribution >= 4 is 17.4 Å². The Kier molecular flexibility index (Phi) is 5.23. The Balaban J connectivity index is 1.92. The zero-order valence-corrected chi connectivity index (χ0v) is 12.0. The highest BCUT2D eigenvalue weighted by Gasteiger charge is 2.16. The molecular formula is C15H20ClNO2. The molecule has 1 N–H and O–H groups in total. The van der Waals surface area contributed by atoms with Gasteiger partial charge in [-0.2, -0.15) is 0 Å². The van der Waals surface area contributed by atoms with Gasteiger partial charge in [0.1, 0.15) is 5.75 Å². The van der Waals surface area contributed by atoms with Crippen LogP contribution in [0.1, 0.15) is 36.0 Å². The summed E-state index contributed by atoms with van der Waals surface area (Å²) in [5, 5.41) is 3.91. The summed E-state index contributed by atoms with van der Waals surface area (Å²) < 4.78 is 5.14. The number of carbonyl (C=O) groups excluding carboxylic acids is 1. The van der Waals surface area contributed by atoms with Gasteiger partial charge in [0.25, 0.3) is 0 Å². The van der Waals surface area contributed by atoms with Crippen molar-refractivity contribution < 1.29 is 9.53 Å². The first-order chi connectivity index (χ1) is 9.20. The molecule has 1 unspecified atom stereocenters. The van der Waals surface area contributed by atoms with E-state index in [1.165, 1.54) is 12.8 Å². The number of hydrogen-bond acceptors (Lipinski definition) is 3. The van der Waals surface area contributed by atoms with Crippen LogP contribution < -0.4 is 10.1 Å². The van der Waals surface area contributed by atoms with E-state index >= 15 is 0 Å². The van der Waals surface area contributed by atoms with Gasteiger partial charge in [-0.1, -0.05) is 11.6 Å². The molecule has 0 bridgehead atoms. The Labute approximate surface area is 119 Å². The molecule has 0 radical (unpaired) electrons. The molecule has 4 heteroatoms. The van der Waals surface area contributed by atoms with Crippen LogP contribution in [0.5, 0.6) is 5.75 Å². The molecule has 1 aliphatic heterocycles. The number of piperidine rings is 1. The molecule has 19 heavy (non-hydrogen) atoms. The number of hydrogen-bond donors (Lipinski definition) is 1. The second-order valence-electron chi connectivity index (χ2n) is 5.02. The van der Waals surface area contributed by atoms with Crippen molar-refractivity contribution in [1.82, 2.24) is 5.32 Å². The van der Waals surface area contributed by atoms with Gasteiger partial charge in [-0.15, -0.1) is 0 Å². The van der Waals surface area contributed by atoms with Crippen LogP contribution in [0.25, 0.3) is 0 Å². The maximum absolute atomic E-state index is 12.1. The first-order valence-corrected chi connectivity index (χ1v) is 7.16. The molecule has 104 valence electrons. The summed E-state index contributed by atoms with van der Waals surface area (Å²) in [6.45, 7) is 2.15. The predicted molar refractivity (Wildman–Crippen MR) is 77.2 cm³/mol. The van der Waals surface area contributed by atoms with Crippen LogP contribution in [0.3, 0.4) is 0 Å². The highest BCUT2D eigenvalue weighted by Crippen LogP contribution is 2.26. The number of Topliss-reactive ketones (excluding diaryl/α,β-unsaturated/α-hetero) is 1. The second-order valence-corrected chi connectivity index (χ2v) is 5.43. The standard InChI is InChI=1S/C15H20ClNO2/c1-19-15-9-12(5-6-13(15)16)14(18)7-4-11-3-2-8-17-10-11/h5-6,9,11,17H,2-4,7-8,10H2,1H3. The first kappa shape index (κ1) is 14.4. The van der Waals surface area contributed by atoms with Gasteiger partial charge in [0.15, 0.2) is 5.78 Å². The Morgan fingerprint density at radius 1 is 1.53 bits per heavy atom. The van der Waals surface area contributed by atoms with Crippen LogP contribution in [-0.4, -0.2) is 26.0 Å². The lowest BCUT2D eigenvalue weighted by Crippen LogP contribution is -2.30. The molecular weight excluding hydrogens is 262 g/mol. The molecule has 0 aliphatic carbocycles.